The molecule has 0 aliphatic heterocycles. The van der Waals surface area contributed by atoms with Crippen LogP contribution < -0.4 is 0 Å². The molecule has 0 spiro atoms. The molecular formula is C12H19ClO4. The van der Waals surface area contributed by atoms with Crippen LogP contribution >= 0.6 is 11.6 Å². The van der Waals surface area contributed by atoms with E-state index in [1.54, 1.807) is 41.5 Å². The van der Waals surface area contributed by atoms with Gasteiger partial charge in [-0.3, -0.25) is 0 Å². The van der Waals surface area contributed by atoms with Crippen molar-refractivity contribution in [2.24, 2.45) is 0 Å². The first-order valence-electron chi connectivity index (χ1n) is 5.24. The quantitative estimate of drug-likeness (QED) is 0.567. The van der Waals surface area contributed by atoms with Crippen molar-refractivity contribution in [2.45, 2.75) is 52.7 Å². The summed E-state index contributed by atoms with van der Waals surface area (Å²) in [5.41, 5.74) is -1.28. The summed E-state index contributed by atoms with van der Waals surface area (Å²) in [6, 6.07) is 0. The number of rotatable bonds is 2. The van der Waals surface area contributed by atoms with Gasteiger partial charge in [0, 0.05) is 6.08 Å². The van der Waals surface area contributed by atoms with E-state index >= 15 is 0 Å². The molecule has 0 atom stereocenters. The maximum Gasteiger partial charge on any atom is 0.350 e. The molecular weight excluding hydrogens is 244 g/mol. The zero-order valence-electron chi connectivity index (χ0n) is 11.1. The van der Waals surface area contributed by atoms with Gasteiger partial charge in [0.05, 0.1) is 0 Å². The first-order valence-corrected chi connectivity index (χ1v) is 5.62. The van der Waals surface area contributed by atoms with Crippen molar-refractivity contribution in [3.05, 3.63) is 11.1 Å². The van der Waals surface area contributed by atoms with Gasteiger partial charge in [-0.05, 0) is 41.5 Å². The van der Waals surface area contributed by atoms with Gasteiger partial charge in [0.25, 0.3) is 0 Å². The summed E-state index contributed by atoms with van der Waals surface area (Å²) in [6.07, 6.45) is 0.918. The van der Waals surface area contributed by atoms with E-state index in [-0.39, 0.29) is 5.03 Å². The maximum atomic E-state index is 11.4. The van der Waals surface area contributed by atoms with Crippen LogP contribution in [0.25, 0.3) is 0 Å². The lowest BCUT2D eigenvalue weighted by molar-refractivity contribution is -0.152. The summed E-state index contributed by atoms with van der Waals surface area (Å²) in [4.78, 5) is 22.8. The van der Waals surface area contributed by atoms with Crippen molar-refractivity contribution in [2.75, 3.05) is 0 Å². The number of esters is 2. The van der Waals surface area contributed by atoms with E-state index in [9.17, 15) is 9.59 Å². The molecule has 0 saturated carbocycles. The van der Waals surface area contributed by atoms with Crippen molar-refractivity contribution in [3.8, 4) is 0 Å². The Balaban J connectivity index is 4.55. The van der Waals surface area contributed by atoms with Crippen LogP contribution in [-0.4, -0.2) is 23.1 Å². The molecule has 0 bridgehead atoms. The molecule has 0 radical (unpaired) electrons. The third-order valence-corrected chi connectivity index (χ3v) is 1.51. The lowest BCUT2D eigenvalue weighted by atomic mass is 10.2. The minimum atomic E-state index is -0.745. The normalized spacial score (nSPS) is 13.2. The van der Waals surface area contributed by atoms with Crippen LogP contribution in [0.15, 0.2) is 11.1 Å². The minimum absolute atomic E-state index is 0.297. The van der Waals surface area contributed by atoms with Gasteiger partial charge in [-0.1, -0.05) is 11.6 Å². The molecule has 0 saturated heterocycles. The lowest BCUT2D eigenvalue weighted by Gasteiger charge is -2.20. The molecule has 98 valence electrons. The standard InChI is InChI=1S/C12H19ClO4/c1-11(2,3)16-9(14)7-8(13)10(15)17-12(4,5)6/h7H,1-6H3. The van der Waals surface area contributed by atoms with E-state index in [1.807, 2.05) is 0 Å². The maximum absolute atomic E-state index is 11.4. The highest BCUT2D eigenvalue weighted by atomic mass is 35.5. The first-order chi connectivity index (χ1) is 7.41. The van der Waals surface area contributed by atoms with Crippen LogP contribution in [0, 0.1) is 0 Å². The lowest BCUT2D eigenvalue weighted by Crippen LogP contribution is -2.25. The first kappa shape index (κ1) is 16.0. The van der Waals surface area contributed by atoms with Crippen LogP contribution in [0.1, 0.15) is 41.5 Å². The van der Waals surface area contributed by atoms with Crippen LogP contribution in [0.3, 0.4) is 0 Å². The Morgan fingerprint density at radius 3 is 1.71 bits per heavy atom. The van der Waals surface area contributed by atoms with E-state index in [2.05, 4.69) is 0 Å². The average molecular weight is 263 g/mol. The number of carbonyl (C=O) groups is 2. The van der Waals surface area contributed by atoms with Crippen LogP contribution in [0.2, 0.25) is 0 Å². The Kier molecular flexibility index (Phi) is 5.20. The summed E-state index contributed by atoms with van der Waals surface area (Å²) < 4.78 is 9.96. The Hall–Kier alpha value is -1.03. The van der Waals surface area contributed by atoms with Crippen molar-refractivity contribution in [1.29, 1.82) is 0 Å². The SMILES string of the molecule is CC(C)(C)OC(=O)C=C(Cl)C(=O)OC(C)(C)C. The zero-order chi connectivity index (χ0) is 13.9. The Morgan fingerprint density at radius 1 is 0.941 bits per heavy atom. The molecule has 4 nitrogen and oxygen atoms in total. The summed E-state index contributed by atoms with van der Waals surface area (Å²) in [5, 5.41) is -0.297. The van der Waals surface area contributed by atoms with E-state index in [1.165, 1.54) is 0 Å². The number of carbonyl (C=O) groups excluding carboxylic acids is 2. The Bertz CT molecular complexity index is 331. The monoisotopic (exact) mass is 262 g/mol. The molecule has 0 aromatic carbocycles. The summed E-state index contributed by atoms with van der Waals surface area (Å²) in [6.45, 7) is 10.3. The van der Waals surface area contributed by atoms with Crippen molar-refractivity contribution < 1.29 is 19.1 Å². The van der Waals surface area contributed by atoms with E-state index in [0.29, 0.717) is 0 Å². The smallest absolute Gasteiger partial charge is 0.350 e. The zero-order valence-corrected chi connectivity index (χ0v) is 11.8. The second-order valence-corrected chi connectivity index (χ2v) is 5.93. The minimum Gasteiger partial charge on any atom is -0.457 e. The summed E-state index contributed by atoms with van der Waals surface area (Å²) in [5.74, 6) is -1.42. The summed E-state index contributed by atoms with van der Waals surface area (Å²) >= 11 is 5.65. The molecule has 0 fully saturated rings. The van der Waals surface area contributed by atoms with Gasteiger partial charge in [0.2, 0.25) is 0 Å². The van der Waals surface area contributed by atoms with Gasteiger partial charge in [-0.25, -0.2) is 9.59 Å². The fraction of sp³-hybridized carbons (Fsp3) is 0.667. The number of hydrogen-bond donors (Lipinski definition) is 0. The van der Waals surface area contributed by atoms with Gasteiger partial charge >= 0.3 is 11.9 Å². The molecule has 0 unspecified atom stereocenters. The van der Waals surface area contributed by atoms with E-state index in [0.717, 1.165) is 6.08 Å². The third kappa shape index (κ3) is 8.74. The molecule has 0 aromatic rings. The van der Waals surface area contributed by atoms with Gasteiger partial charge in [-0.15, -0.1) is 0 Å². The fourth-order valence-electron chi connectivity index (χ4n) is 0.820. The molecule has 0 rings (SSSR count). The van der Waals surface area contributed by atoms with Gasteiger partial charge in [0.1, 0.15) is 16.2 Å². The van der Waals surface area contributed by atoms with Crippen molar-refractivity contribution >= 4 is 23.5 Å². The highest BCUT2D eigenvalue weighted by Crippen LogP contribution is 2.14. The van der Waals surface area contributed by atoms with Gasteiger partial charge in [-0.2, -0.15) is 0 Å². The second kappa shape index (κ2) is 5.54. The van der Waals surface area contributed by atoms with Crippen molar-refractivity contribution in [1.82, 2.24) is 0 Å². The topological polar surface area (TPSA) is 52.6 Å². The molecule has 0 aliphatic rings. The molecule has 0 aliphatic carbocycles. The highest BCUT2D eigenvalue weighted by molar-refractivity contribution is 6.42. The number of ether oxygens (including phenoxy) is 2. The highest BCUT2D eigenvalue weighted by Gasteiger charge is 2.21. The van der Waals surface area contributed by atoms with Crippen LogP contribution in [-0.2, 0) is 19.1 Å². The Morgan fingerprint density at radius 2 is 1.35 bits per heavy atom. The largest absolute Gasteiger partial charge is 0.457 e. The second-order valence-electron chi connectivity index (χ2n) is 5.53. The van der Waals surface area contributed by atoms with Crippen molar-refractivity contribution in [3.63, 3.8) is 0 Å². The molecule has 17 heavy (non-hydrogen) atoms. The van der Waals surface area contributed by atoms with E-state index in [4.69, 9.17) is 21.1 Å². The fourth-order valence-corrected chi connectivity index (χ4v) is 0.948. The predicted octanol–water partition coefficient (Wildman–Crippen LogP) is 2.79. The van der Waals surface area contributed by atoms with Crippen LogP contribution in [0.4, 0.5) is 0 Å². The number of halogens is 1. The predicted molar refractivity (Wildman–Crippen MR) is 65.6 cm³/mol. The van der Waals surface area contributed by atoms with E-state index < -0.39 is 23.1 Å². The van der Waals surface area contributed by atoms with Gasteiger partial charge < -0.3 is 9.47 Å². The average Bonchev–Trinajstić information content (AvgIpc) is 1.95. The molecule has 0 N–H and O–H groups in total. The Labute approximate surface area is 107 Å². The number of hydrogen-bond acceptors (Lipinski definition) is 4. The molecule has 0 amide bonds. The van der Waals surface area contributed by atoms with Crippen LogP contribution in [0.5, 0.6) is 0 Å². The van der Waals surface area contributed by atoms with Gasteiger partial charge in [0.15, 0.2) is 0 Å². The molecule has 5 heteroatoms. The molecule has 0 heterocycles. The molecule has 0 aromatic heterocycles. The summed E-state index contributed by atoms with van der Waals surface area (Å²) in [7, 11) is 0. The third-order valence-electron chi connectivity index (χ3n) is 1.25.